The molecule has 0 spiro atoms. The third-order valence-electron chi connectivity index (χ3n) is 4.88. The van der Waals surface area contributed by atoms with Crippen molar-refractivity contribution in [1.82, 2.24) is 4.90 Å². The first-order valence-electron chi connectivity index (χ1n) is 9.10. The number of esters is 1. The fourth-order valence-electron chi connectivity index (χ4n) is 3.20. The van der Waals surface area contributed by atoms with E-state index in [0.29, 0.717) is 18.4 Å². The van der Waals surface area contributed by atoms with Gasteiger partial charge in [-0.15, -0.1) is 0 Å². The number of anilines is 1. The smallest absolute Gasteiger partial charge is 0.338 e. The predicted octanol–water partition coefficient (Wildman–Crippen LogP) is 1.72. The van der Waals surface area contributed by atoms with Crippen molar-refractivity contribution in [3.8, 4) is 0 Å². The number of ether oxygens (including phenoxy) is 1. The Balaban J connectivity index is 2.05. The molecule has 0 aromatic heterocycles. The number of rotatable bonds is 7. The quantitative estimate of drug-likeness (QED) is 0.653. The molecule has 1 aromatic carbocycles. The molecule has 1 aliphatic heterocycles. The van der Waals surface area contributed by atoms with Crippen LogP contribution in [0.2, 0.25) is 0 Å². The fraction of sp³-hybridized carbons (Fsp3) is 0.579. The zero-order valence-corrected chi connectivity index (χ0v) is 17.2. The normalized spacial score (nSPS) is 19.3. The highest BCUT2D eigenvalue weighted by atomic mass is 32.2. The molecule has 0 aliphatic carbocycles. The molecule has 7 nitrogen and oxygen atoms in total. The van der Waals surface area contributed by atoms with E-state index in [2.05, 4.69) is 0 Å². The lowest BCUT2D eigenvalue weighted by atomic mass is 10.1. The van der Waals surface area contributed by atoms with Crippen molar-refractivity contribution in [2.24, 2.45) is 0 Å². The highest BCUT2D eigenvalue weighted by Gasteiger charge is 2.36. The Morgan fingerprint density at radius 3 is 2.56 bits per heavy atom. The number of hydrogen-bond acceptors (Lipinski definition) is 6. The van der Waals surface area contributed by atoms with E-state index >= 15 is 0 Å². The van der Waals surface area contributed by atoms with E-state index in [1.807, 2.05) is 38.9 Å². The van der Waals surface area contributed by atoms with Crippen LogP contribution in [-0.4, -0.2) is 69.5 Å². The maximum atomic E-state index is 12.7. The van der Waals surface area contributed by atoms with Gasteiger partial charge >= 0.3 is 5.97 Å². The first-order chi connectivity index (χ1) is 12.6. The zero-order chi connectivity index (χ0) is 20.2. The Hall–Kier alpha value is -2.09. The molecule has 2 atom stereocenters. The van der Waals surface area contributed by atoms with Gasteiger partial charge in [-0.3, -0.25) is 4.79 Å². The van der Waals surface area contributed by atoms with Gasteiger partial charge in [0.2, 0.25) is 0 Å². The summed E-state index contributed by atoms with van der Waals surface area (Å²) in [5, 5.41) is 0. The lowest BCUT2D eigenvalue weighted by molar-refractivity contribution is -0.138. The Bertz CT molecular complexity index is 791. The first kappa shape index (κ1) is 21.2. The van der Waals surface area contributed by atoms with Crippen LogP contribution in [0.15, 0.2) is 24.3 Å². The second-order valence-corrected chi connectivity index (χ2v) is 9.36. The number of carbonyl (C=O) groups excluding carboxylic acids is 2. The fourth-order valence-corrected chi connectivity index (χ4v) is 4.91. The maximum absolute atomic E-state index is 12.7. The molecule has 2 rings (SSSR count). The van der Waals surface area contributed by atoms with Gasteiger partial charge in [-0.05, 0) is 38.0 Å². The first-order valence-corrected chi connectivity index (χ1v) is 10.9. The van der Waals surface area contributed by atoms with Crippen LogP contribution in [0.25, 0.3) is 0 Å². The minimum atomic E-state index is -3.11. The highest BCUT2D eigenvalue weighted by molar-refractivity contribution is 7.91. The summed E-state index contributed by atoms with van der Waals surface area (Å²) >= 11 is 0. The second-order valence-electron chi connectivity index (χ2n) is 7.14. The number of carbonyl (C=O) groups is 2. The number of hydrogen-bond donors (Lipinski definition) is 0. The van der Waals surface area contributed by atoms with E-state index in [4.69, 9.17) is 4.74 Å². The third-order valence-corrected chi connectivity index (χ3v) is 6.63. The topological polar surface area (TPSA) is 84.0 Å². The molecule has 0 N–H and O–H groups in total. The summed E-state index contributed by atoms with van der Waals surface area (Å²) in [6.45, 7) is 3.42. The van der Waals surface area contributed by atoms with Gasteiger partial charge in [0, 0.05) is 31.9 Å². The maximum Gasteiger partial charge on any atom is 0.338 e. The van der Waals surface area contributed by atoms with Crippen molar-refractivity contribution in [3.63, 3.8) is 0 Å². The number of nitrogens with zero attached hydrogens (tertiary/aromatic N) is 2. The Kier molecular flexibility index (Phi) is 6.86. The van der Waals surface area contributed by atoms with Crippen LogP contribution in [0.4, 0.5) is 5.69 Å². The van der Waals surface area contributed by atoms with Gasteiger partial charge < -0.3 is 14.5 Å². The summed E-state index contributed by atoms with van der Waals surface area (Å²) in [6.07, 6.45) is 1.12. The Morgan fingerprint density at radius 2 is 2.00 bits per heavy atom. The summed E-state index contributed by atoms with van der Waals surface area (Å²) < 4.78 is 28.8. The monoisotopic (exact) mass is 396 g/mol. The van der Waals surface area contributed by atoms with Gasteiger partial charge in [0.1, 0.15) is 0 Å². The Morgan fingerprint density at radius 1 is 1.30 bits per heavy atom. The average Bonchev–Trinajstić information content (AvgIpc) is 2.98. The number of sulfone groups is 1. The van der Waals surface area contributed by atoms with Crippen LogP contribution in [0.1, 0.15) is 37.0 Å². The number of benzene rings is 1. The van der Waals surface area contributed by atoms with Crippen molar-refractivity contribution in [2.75, 3.05) is 37.1 Å². The summed E-state index contributed by atoms with van der Waals surface area (Å²) in [5.74, 6) is -0.865. The third kappa shape index (κ3) is 5.45. The van der Waals surface area contributed by atoms with Gasteiger partial charge in [0.15, 0.2) is 16.4 Å². The zero-order valence-electron chi connectivity index (χ0n) is 16.3. The molecular weight excluding hydrogens is 368 g/mol. The molecule has 1 fully saturated rings. The molecule has 1 saturated heterocycles. The number of amides is 1. The van der Waals surface area contributed by atoms with Crippen LogP contribution in [-0.2, 0) is 19.4 Å². The molecule has 1 amide bonds. The van der Waals surface area contributed by atoms with Crippen molar-refractivity contribution in [3.05, 3.63) is 29.8 Å². The predicted molar refractivity (Wildman–Crippen MR) is 105 cm³/mol. The molecular formula is C19H28N2O5S. The van der Waals surface area contributed by atoms with E-state index in [9.17, 15) is 18.0 Å². The highest BCUT2D eigenvalue weighted by Crippen LogP contribution is 2.22. The minimum absolute atomic E-state index is 0.0259. The lowest BCUT2D eigenvalue weighted by Crippen LogP contribution is -2.48. The summed E-state index contributed by atoms with van der Waals surface area (Å²) in [6, 6.07) is 6.48. The van der Waals surface area contributed by atoms with E-state index < -0.39 is 22.4 Å². The van der Waals surface area contributed by atoms with Crippen molar-refractivity contribution >= 4 is 27.4 Å². The molecule has 1 heterocycles. The molecule has 0 saturated carbocycles. The summed E-state index contributed by atoms with van der Waals surface area (Å²) in [4.78, 5) is 28.4. The van der Waals surface area contributed by atoms with Gasteiger partial charge in [0.25, 0.3) is 5.91 Å². The van der Waals surface area contributed by atoms with Crippen LogP contribution >= 0.6 is 0 Å². The van der Waals surface area contributed by atoms with Gasteiger partial charge in [-0.25, -0.2) is 13.2 Å². The van der Waals surface area contributed by atoms with E-state index in [1.165, 1.54) is 0 Å². The standard InChI is InChI=1S/C19H28N2O5S/c1-5-14(2)21(17-9-10-27(24,25)13-17)18(22)12-26-19(23)15-7-6-8-16(11-15)20(3)4/h6-8,11,14,17H,5,9-10,12-13H2,1-4H3/t14-,17+/m0/s1. The lowest BCUT2D eigenvalue weighted by Gasteiger charge is -2.33. The second kappa shape index (κ2) is 8.73. The van der Waals surface area contributed by atoms with Crippen LogP contribution in [0, 0.1) is 0 Å². The van der Waals surface area contributed by atoms with Gasteiger partial charge in [0.05, 0.1) is 17.1 Å². The molecule has 1 aliphatic rings. The molecule has 1 aromatic rings. The molecule has 0 bridgehead atoms. The van der Waals surface area contributed by atoms with Crippen LogP contribution in [0.5, 0.6) is 0 Å². The summed E-state index contributed by atoms with van der Waals surface area (Å²) in [7, 11) is 0.628. The average molecular weight is 397 g/mol. The minimum Gasteiger partial charge on any atom is -0.452 e. The SMILES string of the molecule is CC[C@H](C)N(C(=O)COC(=O)c1cccc(N(C)C)c1)[C@@H]1CCS(=O)(=O)C1. The van der Waals surface area contributed by atoms with Crippen molar-refractivity contribution in [2.45, 2.75) is 38.8 Å². The molecule has 0 radical (unpaired) electrons. The molecule has 8 heteroatoms. The largest absolute Gasteiger partial charge is 0.452 e. The summed E-state index contributed by atoms with van der Waals surface area (Å²) in [5.41, 5.74) is 1.22. The van der Waals surface area contributed by atoms with Crippen LogP contribution in [0.3, 0.4) is 0 Å². The molecule has 0 unspecified atom stereocenters. The van der Waals surface area contributed by atoms with Crippen molar-refractivity contribution in [1.29, 1.82) is 0 Å². The van der Waals surface area contributed by atoms with Crippen LogP contribution < -0.4 is 4.90 Å². The van der Waals surface area contributed by atoms with E-state index in [0.717, 1.165) is 5.69 Å². The van der Waals surface area contributed by atoms with E-state index in [-0.39, 0.29) is 29.5 Å². The molecule has 27 heavy (non-hydrogen) atoms. The molecule has 150 valence electrons. The Labute approximate surface area is 161 Å². The van der Waals surface area contributed by atoms with Gasteiger partial charge in [-0.2, -0.15) is 0 Å². The van der Waals surface area contributed by atoms with E-state index in [1.54, 1.807) is 23.1 Å². The van der Waals surface area contributed by atoms with Gasteiger partial charge in [-0.1, -0.05) is 13.0 Å². The van der Waals surface area contributed by atoms with Crippen molar-refractivity contribution < 1.29 is 22.7 Å².